The van der Waals surface area contributed by atoms with Crippen molar-refractivity contribution in [1.82, 2.24) is 5.32 Å². The number of nitrogens with one attached hydrogen (secondary N) is 1. The van der Waals surface area contributed by atoms with Crippen molar-refractivity contribution in [2.24, 2.45) is 5.73 Å². The van der Waals surface area contributed by atoms with Crippen molar-refractivity contribution in [3.05, 3.63) is 0 Å². The molecule has 0 aromatic rings. The number of carbonyl (C=O) groups excluding carboxylic acids is 1. The highest BCUT2D eigenvalue weighted by Crippen LogP contribution is 2.24. The van der Waals surface area contributed by atoms with Crippen LogP contribution in [0.4, 0.5) is 0 Å². The fourth-order valence-corrected chi connectivity index (χ4v) is 3.28. The second-order valence-electron chi connectivity index (χ2n) is 6.27. The van der Waals surface area contributed by atoms with Crippen molar-refractivity contribution < 1.29 is 8.98 Å². The molecule has 0 aromatic carbocycles. The SMILES string of the molecule is [B]PSOCC(CN)NC(=O)CCCCCCCCCCCCC. The van der Waals surface area contributed by atoms with E-state index in [9.17, 15) is 4.79 Å². The van der Waals surface area contributed by atoms with Gasteiger partial charge in [-0.15, -0.1) is 0 Å². The summed E-state index contributed by atoms with van der Waals surface area (Å²) in [7, 11) is 5.55. The van der Waals surface area contributed by atoms with E-state index in [4.69, 9.17) is 17.5 Å². The molecule has 0 saturated heterocycles. The van der Waals surface area contributed by atoms with Crippen molar-refractivity contribution in [2.75, 3.05) is 13.2 Å². The third kappa shape index (κ3) is 17.1. The predicted molar refractivity (Wildman–Crippen MR) is 110 cm³/mol. The topological polar surface area (TPSA) is 64.3 Å². The lowest BCUT2D eigenvalue weighted by Gasteiger charge is -2.16. The average molecular weight is 374 g/mol. The van der Waals surface area contributed by atoms with Crippen molar-refractivity contribution in [3.8, 4) is 0 Å². The Balaban J connectivity index is 3.38. The summed E-state index contributed by atoms with van der Waals surface area (Å²) < 4.78 is 5.26. The van der Waals surface area contributed by atoms with Crippen LogP contribution in [0.15, 0.2) is 0 Å². The summed E-state index contributed by atoms with van der Waals surface area (Å²) in [6, 6.07) is -0.117. The normalized spacial score (nSPS) is 12.8. The number of hydrogen-bond donors (Lipinski definition) is 2. The zero-order valence-corrected chi connectivity index (χ0v) is 17.2. The first kappa shape index (κ1) is 24.2. The Morgan fingerprint density at radius 3 is 2.12 bits per heavy atom. The van der Waals surface area contributed by atoms with Crippen molar-refractivity contribution in [2.45, 2.75) is 90.0 Å². The Morgan fingerprint density at radius 2 is 1.62 bits per heavy atom. The standard InChI is InChI=1S/C17H36BN2O2PS/c1-2-3-4-5-6-7-8-9-10-11-12-13-17(21)20-16(14-19)15-22-24-23-18/h16,23H,2-15,19H2,1H3,(H,20,21). The highest BCUT2D eigenvalue weighted by Gasteiger charge is 2.10. The molecule has 0 saturated carbocycles. The lowest BCUT2D eigenvalue weighted by atomic mass is 10.1. The maximum Gasteiger partial charge on any atom is 0.220 e. The molecule has 2 radical (unpaired) electrons. The molecule has 0 aliphatic heterocycles. The Hall–Kier alpha value is 0.235. The maximum absolute atomic E-state index is 11.9. The van der Waals surface area contributed by atoms with Gasteiger partial charge in [-0.3, -0.25) is 4.79 Å². The number of amides is 1. The van der Waals surface area contributed by atoms with Gasteiger partial charge >= 0.3 is 0 Å². The molecule has 2 unspecified atom stereocenters. The van der Waals surface area contributed by atoms with E-state index in [0.29, 0.717) is 19.6 Å². The molecule has 0 rings (SSSR count). The van der Waals surface area contributed by atoms with Crippen LogP contribution in [0.1, 0.15) is 84.0 Å². The lowest BCUT2D eigenvalue weighted by Crippen LogP contribution is -2.42. The quantitative estimate of drug-likeness (QED) is 0.161. The average Bonchev–Trinajstić information content (AvgIpc) is 2.59. The molecule has 7 heteroatoms. The molecule has 0 aliphatic carbocycles. The smallest absolute Gasteiger partial charge is 0.220 e. The molecule has 0 spiro atoms. The Kier molecular flexibility index (Phi) is 19.7. The summed E-state index contributed by atoms with van der Waals surface area (Å²) >= 11 is 1.21. The van der Waals surface area contributed by atoms with E-state index in [2.05, 4.69) is 12.2 Å². The van der Waals surface area contributed by atoms with E-state index >= 15 is 0 Å². The van der Waals surface area contributed by atoms with Crippen LogP contribution >= 0.6 is 19.3 Å². The number of carbonyl (C=O) groups is 1. The first-order chi connectivity index (χ1) is 11.7. The van der Waals surface area contributed by atoms with Gasteiger partial charge in [0.1, 0.15) is 7.57 Å². The van der Waals surface area contributed by atoms with Crippen LogP contribution in [0.3, 0.4) is 0 Å². The zero-order valence-electron chi connectivity index (χ0n) is 15.4. The Labute approximate surface area is 156 Å². The number of rotatable bonds is 18. The summed E-state index contributed by atoms with van der Waals surface area (Å²) in [5.74, 6) is 0.0742. The molecular formula is C17H36BN2O2PS. The van der Waals surface area contributed by atoms with E-state index in [1.165, 1.54) is 69.4 Å². The summed E-state index contributed by atoms with van der Waals surface area (Å²) in [4.78, 5) is 11.9. The molecule has 0 heterocycles. The van der Waals surface area contributed by atoms with Gasteiger partial charge in [-0.05, 0) is 6.42 Å². The summed E-state index contributed by atoms with van der Waals surface area (Å²) in [6.07, 6.45) is 14.8. The summed E-state index contributed by atoms with van der Waals surface area (Å²) in [5, 5.41) is 2.92. The summed E-state index contributed by atoms with van der Waals surface area (Å²) in [6.45, 7) is 3.05. The van der Waals surface area contributed by atoms with Crippen LogP contribution in [-0.2, 0) is 8.98 Å². The molecule has 1 amide bonds. The minimum Gasteiger partial charge on any atom is -0.350 e. The molecule has 2 atom stereocenters. The van der Waals surface area contributed by atoms with Gasteiger partial charge in [-0.2, -0.15) is 0 Å². The van der Waals surface area contributed by atoms with Gasteiger partial charge in [0, 0.05) is 24.6 Å². The minimum absolute atomic E-state index is 0.0742. The van der Waals surface area contributed by atoms with Crippen LogP contribution in [-0.4, -0.2) is 32.7 Å². The van der Waals surface area contributed by atoms with Crippen LogP contribution in [0.25, 0.3) is 0 Å². The van der Waals surface area contributed by atoms with Gasteiger partial charge in [0.25, 0.3) is 0 Å². The minimum atomic E-state index is -0.117. The van der Waals surface area contributed by atoms with Gasteiger partial charge in [0.15, 0.2) is 0 Å². The van der Waals surface area contributed by atoms with Gasteiger partial charge in [-0.25, -0.2) is 0 Å². The molecule has 0 fully saturated rings. The first-order valence-electron chi connectivity index (χ1n) is 9.48. The van der Waals surface area contributed by atoms with Crippen LogP contribution < -0.4 is 11.1 Å². The number of nitrogens with two attached hydrogens (primary N) is 1. The lowest BCUT2D eigenvalue weighted by molar-refractivity contribution is -0.122. The van der Waals surface area contributed by atoms with Crippen molar-refractivity contribution >= 4 is 32.8 Å². The molecule has 140 valence electrons. The molecular weight excluding hydrogens is 338 g/mol. The van der Waals surface area contributed by atoms with Gasteiger partial charge < -0.3 is 15.2 Å². The Morgan fingerprint density at radius 1 is 1.08 bits per heavy atom. The van der Waals surface area contributed by atoms with Crippen molar-refractivity contribution in [1.29, 1.82) is 0 Å². The van der Waals surface area contributed by atoms with Crippen LogP contribution in [0.2, 0.25) is 0 Å². The fourth-order valence-electron chi connectivity index (χ4n) is 2.57. The second-order valence-corrected chi connectivity index (χ2v) is 8.12. The number of unbranched alkanes of at least 4 members (excludes halogenated alkanes) is 10. The third-order valence-corrected chi connectivity index (χ3v) is 5.03. The van der Waals surface area contributed by atoms with Gasteiger partial charge in [0.05, 0.1) is 12.6 Å². The van der Waals surface area contributed by atoms with Crippen LogP contribution in [0.5, 0.6) is 0 Å². The highest BCUT2D eigenvalue weighted by atomic mass is 32.7. The Bertz CT molecular complexity index is 289. The fraction of sp³-hybridized carbons (Fsp3) is 0.941. The third-order valence-electron chi connectivity index (χ3n) is 4.03. The van der Waals surface area contributed by atoms with E-state index in [1.54, 1.807) is 0 Å². The van der Waals surface area contributed by atoms with E-state index in [0.717, 1.165) is 12.8 Å². The van der Waals surface area contributed by atoms with E-state index in [1.807, 2.05) is 0 Å². The molecule has 3 N–H and O–H groups in total. The molecule has 0 bridgehead atoms. The van der Waals surface area contributed by atoms with E-state index < -0.39 is 0 Å². The molecule has 0 aromatic heterocycles. The van der Waals surface area contributed by atoms with Crippen LogP contribution in [0, 0.1) is 0 Å². The van der Waals surface area contributed by atoms with Crippen molar-refractivity contribution in [3.63, 3.8) is 0 Å². The monoisotopic (exact) mass is 374 g/mol. The van der Waals surface area contributed by atoms with Gasteiger partial charge in [-0.1, -0.05) is 78.8 Å². The zero-order chi connectivity index (χ0) is 17.9. The maximum atomic E-state index is 11.9. The van der Waals surface area contributed by atoms with Gasteiger partial charge in [0.2, 0.25) is 5.91 Å². The largest absolute Gasteiger partial charge is 0.350 e. The summed E-state index contributed by atoms with van der Waals surface area (Å²) in [5.41, 5.74) is 5.63. The van der Waals surface area contributed by atoms with E-state index in [-0.39, 0.29) is 19.6 Å². The number of hydrogen-bond acceptors (Lipinski definition) is 4. The second kappa shape index (κ2) is 19.6. The predicted octanol–water partition coefficient (Wildman–Crippen LogP) is 4.47. The highest BCUT2D eigenvalue weighted by molar-refractivity contribution is 8.53. The molecule has 24 heavy (non-hydrogen) atoms. The molecule has 0 aliphatic rings. The first-order valence-corrected chi connectivity index (χ1v) is 12.0. The molecule has 4 nitrogen and oxygen atoms in total.